The van der Waals surface area contributed by atoms with E-state index in [0.717, 1.165) is 6.07 Å². The number of aliphatic hydroxyl groups is 1. The van der Waals surface area contributed by atoms with E-state index in [1.807, 2.05) is 0 Å². The Morgan fingerprint density at radius 1 is 1.41 bits per heavy atom. The number of carboxylic acid groups (broad SMARTS) is 1. The van der Waals surface area contributed by atoms with Gasteiger partial charge in [-0.1, -0.05) is 0 Å². The van der Waals surface area contributed by atoms with Crippen LogP contribution in [0.3, 0.4) is 0 Å². The van der Waals surface area contributed by atoms with Crippen molar-refractivity contribution in [1.29, 1.82) is 0 Å². The lowest BCUT2D eigenvalue weighted by atomic mass is 10.1. The number of carbonyl (C=O) groups is 1. The summed E-state index contributed by atoms with van der Waals surface area (Å²) in [5.74, 6) is -3.64. The molecule has 1 rings (SSSR count). The van der Waals surface area contributed by atoms with Gasteiger partial charge in [-0.05, 0) is 6.07 Å². The van der Waals surface area contributed by atoms with Gasteiger partial charge in [-0.3, -0.25) is 0 Å². The molecule has 17 heavy (non-hydrogen) atoms. The van der Waals surface area contributed by atoms with Crippen LogP contribution in [0.1, 0.15) is 10.4 Å². The molecule has 1 atom stereocenters. The number of anilines is 1. The van der Waals surface area contributed by atoms with E-state index in [9.17, 15) is 13.6 Å². The summed E-state index contributed by atoms with van der Waals surface area (Å²) in [6.07, 6.45) is -0.908. The quantitative estimate of drug-likeness (QED) is 0.709. The maximum Gasteiger partial charge on any atom is 0.338 e. The predicted molar refractivity (Wildman–Crippen MR) is 58.5 cm³/mol. The maximum atomic E-state index is 13.2. The van der Waals surface area contributed by atoms with Crippen LogP contribution in [0.2, 0.25) is 0 Å². The highest BCUT2D eigenvalue weighted by atomic mass is 35.5. The number of rotatable bonds is 5. The minimum Gasteiger partial charge on any atom is -0.478 e. The van der Waals surface area contributed by atoms with E-state index < -0.39 is 29.3 Å². The Hall–Kier alpha value is -1.40. The lowest BCUT2D eigenvalue weighted by Gasteiger charge is -2.11. The number of aromatic carboxylic acids is 1. The molecule has 0 amide bonds. The van der Waals surface area contributed by atoms with Crippen molar-refractivity contribution in [1.82, 2.24) is 0 Å². The summed E-state index contributed by atoms with van der Waals surface area (Å²) in [4.78, 5) is 10.6. The second-order valence-corrected chi connectivity index (χ2v) is 3.61. The fraction of sp³-hybridized carbons (Fsp3) is 0.300. The van der Waals surface area contributed by atoms with Gasteiger partial charge >= 0.3 is 5.97 Å². The predicted octanol–water partition coefficient (Wildman–Crippen LogP) is 1.67. The summed E-state index contributed by atoms with van der Waals surface area (Å²) in [7, 11) is 0. The molecule has 4 nitrogen and oxygen atoms in total. The van der Waals surface area contributed by atoms with Gasteiger partial charge < -0.3 is 15.5 Å². The van der Waals surface area contributed by atoms with Crippen molar-refractivity contribution in [3.05, 3.63) is 29.3 Å². The molecule has 0 fully saturated rings. The zero-order valence-electron chi connectivity index (χ0n) is 8.58. The molecule has 0 radical (unpaired) electrons. The molecular formula is C10H10ClF2NO3. The fourth-order valence-electron chi connectivity index (χ4n) is 1.13. The van der Waals surface area contributed by atoms with Crippen molar-refractivity contribution in [3.63, 3.8) is 0 Å². The summed E-state index contributed by atoms with van der Waals surface area (Å²) in [5, 5.41) is 20.2. The molecule has 0 spiro atoms. The number of carboxylic acids is 1. The highest BCUT2D eigenvalue weighted by Crippen LogP contribution is 2.19. The van der Waals surface area contributed by atoms with Crippen molar-refractivity contribution < 1.29 is 23.8 Å². The number of benzene rings is 1. The van der Waals surface area contributed by atoms with E-state index in [1.54, 1.807) is 0 Å². The normalized spacial score (nSPS) is 12.2. The number of halogens is 3. The van der Waals surface area contributed by atoms with Crippen LogP contribution >= 0.6 is 11.6 Å². The van der Waals surface area contributed by atoms with E-state index >= 15 is 0 Å². The summed E-state index contributed by atoms with van der Waals surface area (Å²) in [5.41, 5.74) is -0.845. The molecule has 7 heteroatoms. The molecule has 3 N–H and O–H groups in total. The van der Waals surface area contributed by atoms with Crippen molar-refractivity contribution in [3.8, 4) is 0 Å². The third-order valence-corrected chi connectivity index (χ3v) is 2.35. The fourth-order valence-corrected chi connectivity index (χ4v) is 1.24. The van der Waals surface area contributed by atoms with E-state index in [4.69, 9.17) is 21.8 Å². The van der Waals surface area contributed by atoms with E-state index in [2.05, 4.69) is 5.32 Å². The van der Waals surface area contributed by atoms with Crippen LogP contribution in [0, 0.1) is 11.6 Å². The monoisotopic (exact) mass is 265 g/mol. The molecular weight excluding hydrogens is 256 g/mol. The summed E-state index contributed by atoms with van der Waals surface area (Å²) < 4.78 is 26.3. The second kappa shape index (κ2) is 5.79. The first kappa shape index (κ1) is 13.7. The number of hydrogen-bond donors (Lipinski definition) is 3. The Kier molecular flexibility index (Phi) is 4.65. The first-order chi connectivity index (χ1) is 7.95. The molecule has 0 heterocycles. The number of hydrogen-bond acceptors (Lipinski definition) is 3. The Morgan fingerprint density at radius 3 is 2.59 bits per heavy atom. The Morgan fingerprint density at radius 2 is 2.06 bits per heavy atom. The standard InChI is InChI=1S/C10H10ClF2NO3/c11-3-5(15)4-14-9-1-6(10(16)17)7(12)2-8(9)13/h1-2,5,14-15H,3-4H2,(H,16,17). The van der Waals surface area contributed by atoms with Crippen LogP contribution in [-0.4, -0.2) is 34.7 Å². The summed E-state index contributed by atoms with van der Waals surface area (Å²) in [6, 6.07) is 1.30. The van der Waals surface area contributed by atoms with Gasteiger partial charge in [0.15, 0.2) is 0 Å². The smallest absolute Gasteiger partial charge is 0.338 e. The second-order valence-electron chi connectivity index (χ2n) is 3.31. The van der Waals surface area contributed by atoms with E-state index in [1.165, 1.54) is 0 Å². The molecule has 1 unspecified atom stereocenters. The van der Waals surface area contributed by atoms with Crippen LogP contribution < -0.4 is 5.32 Å². The van der Waals surface area contributed by atoms with Crippen LogP contribution in [0.5, 0.6) is 0 Å². The number of alkyl halides is 1. The molecule has 94 valence electrons. The molecule has 0 bridgehead atoms. The van der Waals surface area contributed by atoms with Crippen molar-refractivity contribution in [2.75, 3.05) is 17.7 Å². The van der Waals surface area contributed by atoms with Crippen molar-refractivity contribution >= 4 is 23.3 Å². The average molecular weight is 266 g/mol. The minimum atomic E-state index is -1.50. The minimum absolute atomic E-state index is 0.0540. The lowest BCUT2D eigenvalue weighted by Crippen LogP contribution is -2.21. The van der Waals surface area contributed by atoms with Crippen LogP contribution in [-0.2, 0) is 0 Å². The van der Waals surface area contributed by atoms with Crippen LogP contribution in [0.15, 0.2) is 12.1 Å². The molecule has 0 aromatic heterocycles. The first-order valence-electron chi connectivity index (χ1n) is 4.66. The highest BCUT2D eigenvalue weighted by Gasteiger charge is 2.15. The Bertz CT molecular complexity index is 428. The summed E-state index contributed by atoms with van der Waals surface area (Å²) in [6.45, 7) is -0.0644. The Labute approximate surface area is 101 Å². The van der Waals surface area contributed by atoms with Gasteiger partial charge in [0.2, 0.25) is 0 Å². The topological polar surface area (TPSA) is 69.6 Å². The van der Waals surface area contributed by atoms with Crippen molar-refractivity contribution in [2.45, 2.75) is 6.10 Å². The zero-order chi connectivity index (χ0) is 13.0. The van der Waals surface area contributed by atoms with Gasteiger partial charge in [0.05, 0.1) is 23.2 Å². The Balaban J connectivity index is 2.92. The van der Waals surface area contributed by atoms with Gasteiger partial charge in [0.1, 0.15) is 11.6 Å². The van der Waals surface area contributed by atoms with E-state index in [-0.39, 0.29) is 18.1 Å². The highest BCUT2D eigenvalue weighted by molar-refractivity contribution is 6.18. The molecule has 0 saturated heterocycles. The van der Waals surface area contributed by atoms with Gasteiger partial charge in [0.25, 0.3) is 0 Å². The van der Waals surface area contributed by atoms with Crippen LogP contribution in [0.25, 0.3) is 0 Å². The average Bonchev–Trinajstić information content (AvgIpc) is 2.26. The number of aliphatic hydroxyl groups excluding tert-OH is 1. The van der Waals surface area contributed by atoms with Gasteiger partial charge in [-0.15, -0.1) is 11.6 Å². The number of nitrogens with one attached hydrogen (secondary N) is 1. The molecule has 1 aromatic carbocycles. The molecule has 0 aliphatic heterocycles. The third kappa shape index (κ3) is 3.54. The molecule has 1 aromatic rings. The van der Waals surface area contributed by atoms with Gasteiger partial charge in [0, 0.05) is 12.6 Å². The van der Waals surface area contributed by atoms with Gasteiger partial charge in [-0.2, -0.15) is 0 Å². The first-order valence-corrected chi connectivity index (χ1v) is 5.19. The van der Waals surface area contributed by atoms with E-state index in [0.29, 0.717) is 6.07 Å². The lowest BCUT2D eigenvalue weighted by molar-refractivity contribution is 0.0692. The zero-order valence-corrected chi connectivity index (χ0v) is 9.34. The van der Waals surface area contributed by atoms with Gasteiger partial charge in [-0.25, -0.2) is 13.6 Å². The molecule has 0 saturated carbocycles. The largest absolute Gasteiger partial charge is 0.478 e. The SMILES string of the molecule is O=C(O)c1cc(NCC(O)CCl)c(F)cc1F. The van der Waals surface area contributed by atoms with Crippen molar-refractivity contribution in [2.24, 2.45) is 0 Å². The molecule has 0 aliphatic carbocycles. The molecule has 0 aliphatic rings. The van der Waals surface area contributed by atoms with Crippen LogP contribution in [0.4, 0.5) is 14.5 Å². The summed E-state index contributed by atoms with van der Waals surface area (Å²) >= 11 is 5.33. The maximum absolute atomic E-state index is 13.2. The third-order valence-electron chi connectivity index (χ3n) is 1.99.